The van der Waals surface area contributed by atoms with Crippen LogP contribution in [0.1, 0.15) is 21.5 Å². The minimum atomic E-state index is -0.240. The maximum Gasteiger partial charge on any atom is 0.309 e. The molecule has 0 aliphatic heterocycles. The van der Waals surface area contributed by atoms with Crippen molar-refractivity contribution < 1.29 is 14.3 Å². The predicted molar refractivity (Wildman–Crippen MR) is 83.6 cm³/mol. The molecule has 0 radical (unpaired) electrons. The van der Waals surface area contributed by atoms with Crippen LogP contribution in [0.2, 0.25) is 0 Å². The zero-order valence-electron chi connectivity index (χ0n) is 11.7. The normalized spacial score (nSPS) is 10.1. The van der Waals surface area contributed by atoms with E-state index in [-0.39, 0.29) is 12.4 Å². The molecule has 3 nitrogen and oxygen atoms in total. The van der Waals surface area contributed by atoms with Gasteiger partial charge in [-0.25, -0.2) is 0 Å². The number of methoxy groups -OCH3 is 1. The molecule has 0 aromatic heterocycles. The van der Waals surface area contributed by atoms with Crippen molar-refractivity contribution in [1.29, 1.82) is 0 Å². The maximum atomic E-state index is 11.4. The smallest absolute Gasteiger partial charge is 0.309 e. The van der Waals surface area contributed by atoms with Gasteiger partial charge in [0.2, 0.25) is 0 Å². The van der Waals surface area contributed by atoms with Crippen molar-refractivity contribution in [2.45, 2.75) is 17.1 Å². The van der Waals surface area contributed by atoms with Crippen molar-refractivity contribution in [3.8, 4) is 0 Å². The van der Waals surface area contributed by atoms with Crippen LogP contribution < -0.4 is 0 Å². The van der Waals surface area contributed by atoms with Gasteiger partial charge >= 0.3 is 5.97 Å². The number of carbonyl (C=O) groups excluding carboxylic acids is 2. The molecule has 0 amide bonds. The summed E-state index contributed by atoms with van der Waals surface area (Å²) < 4.78 is 4.72. The van der Waals surface area contributed by atoms with Gasteiger partial charge < -0.3 is 4.74 Å². The first kappa shape index (κ1) is 15.3. The summed E-state index contributed by atoms with van der Waals surface area (Å²) >= 11 is 1.64. The summed E-state index contributed by atoms with van der Waals surface area (Å²) in [6.45, 7) is 0. The fourth-order valence-electron chi connectivity index (χ4n) is 1.94. The van der Waals surface area contributed by atoms with E-state index in [1.165, 1.54) is 7.11 Å². The molecular weight excluding hydrogens is 284 g/mol. The van der Waals surface area contributed by atoms with Crippen LogP contribution in [0.3, 0.4) is 0 Å². The first-order valence-corrected chi connectivity index (χ1v) is 7.53. The molecule has 21 heavy (non-hydrogen) atoms. The van der Waals surface area contributed by atoms with E-state index >= 15 is 0 Å². The summed E-state index contributed by atoms with van der Waals surface area (Å²) in [7, 11) is 1.39. The van der Waals surface area contributed by atoms with Crippen molar-refractivity contribution in [2.75, 3.05) is 7.11 Å². The van der Waals surface area contributed by atoms with Crippen LogP contribution >= 0.6 is 11.8 Å². The lowest BCUT2D eigenvalue weighted by atomic mass is 10.1. The molecule has 0 aliphatic carbocycles. The van der Waals surface area contributed by atoms with Gasteiger partial charge in [0, 0.05) is 16.2 Å². The van der Waals surface area contributed by atoms with E-state index < -0.39 is 0 Å². The molecule has 4 heteroatoms. The van der Waals surface area contributed by atoms with Gasteiger partial charge in [0.15, 0.2) is 0 Å². The van der Waals surface area contributed by atoms with Gasteiger partial charge in [-0.1, -0.05) is 36.4 Å². The first-order chi connectivity index (χ1) is 10.2. The Bertz CT molecular complexity index is 637. The SMILES string of the molecule is COC(=O)Cc1ccccc1CSc1cccc(C=O)c1. The average Bonchev–Trinajstić information content (AvgIpc) is 2.54. The molecule has 0 N–H and O–H groups in total. The van der Waals surface area contributed by atoms with E-state index in [1.807, 2.05) is 42.5 Å². The number of ether oxygens (including phenoxy) is 1. The lowest BCUT2D eigenvalue weighted by Gasteiger charge is -2.08. The van der Waals surface area contributed by atoms with Gasteiger partial charge in [0.05, 0.1) is 13.5 Å². The maximum absolute atomic E-state index is 11.4. The standard InChI is InChI=1S/C17H16O3S/c1-20-17(19)10-14-6-2-3-7-15(14)12-21-16-8-4-5-13(9-16)11-18/h2-9,11H,10,12H2,1H3. The second kappa shape index (κ2) is 7.64. The van der Waals surface area contributed by atoms with Crippen molar-refractivity contribution in [1.82, 2.24) is 0 Å². The number of esters is 1. The van der Waals surface area contributed by atoms with E-state index in [0.717, 1.165) is 28.1 Å². The second-order valence-corrected chi connectivity index (χ2v) is 5.55. The Balaban J connectivity index is 2.08. The Labute approximate surface area is 128 Å². The Morgan fingerprint density at radius 3 is 2.62 bits per heavy atom. The number of thioether (sulfide) groups is 1. The van der Waals surface area contributed by atoms with E-state index in [0.29, 0.717) is 5.56 Å². The number of benzene rings is 2. The van der Waals surface area contributed by atoms with Crippen LogP contribution in [0.25, 0.3) is 0 Å². The molecule has 0 heterocycles. The fraction of sp³-hybridized carbons (Fsp3) is 0.176. The zero-order chi connectivity index (χ0) is 15.1. The third-order valence-corrected chi connectivity index (χ3v) is 4.11. The number of hydrogen-bond donors (Lipinski definition) is 0. The van der Waals surface area contributed by atoms with E-state index in [1.54, 1.807) is 17.8 Å². The molecule has 108 valence electrons. The topological polar surface area (TPSA) is 43.4 Å². The average molecular weight is 300 g/mol. The van der Waals surface area contributed by atoms with Crippen molar-refractivity contribution in [3.63, 3.8) is 0 Å². The monoisotopic (exact) mass is 300 g/mol. The molecule has 0 saturated heterocycles. The Morgan fingerprint density at radius 1 is 1.14 bits per heavy atom. The van der Waals surface area contributed by atoms with Gasteiger partial charge in [-0.3, -0.25) is 9.59 Å². The highest BCUT2D eigenvalue weighted by atomic mass is 32.2. The van der Waals surface area contributed by atoms with Crippen LogP contribution in [0.4, 0.5) is 0 Å². The summed E-state index contributed by atoms with van der Waals surface area (Å²) in [6.07, 6.45) is 1.12. The lowest BCUT2D eigenvalue weighted by molar-refractivity contribution is -0.139. The number of aldehydes is 1. The van der Waals surface area contributed by atoms with E-state index in [4.69, 9.17) is 4.74 Å². The summed E-state index contributed by atoms with van der Waals surface area (Å²) in [6, 6.07) is 15.3. The van der Waals surface area contributed by atoms with Crippen LogP contribution in [0, 0.1) is 0 Å². The van der Waals surface area contributed by atoms with Crippen LogP contribution in [0.15, 0.2) is 53.4 Å². The van der Waals surface area contributed by atoms with Crippen LogP contribution in [-0.2, 0) is 21.7 Å². The molecular formula is C17H16O3S. The zero-order valence-corrected chi connectivity index (χ0v) is 12.6. The fourth-order valence-corrected chi connectivity index (χ4v) is 2.94. The van der Waals surface area contributed by atoms with Crippen LogP contribution in [-0.4, -0.2) is 19.4 Å². The molecule has 2 aromatic rings. The molecule has 2 aromatic carbocycles. The number of carbonyl (C=O) groups is 2. The quantitative estimate of drug-likeness (QED) is 0.465. The summed E-state index contributed by atoms with van der Waals surface area (Å²) in [5.74, 6) is 0.505. The Morgan fingerprint density at radius 2 is 1.90 bits per heavy atom. The Kier molecular flexibility index (Phi) is 5.58. The largest absolute Gasteiger partial charge is 0.469 e. The first-order valence-electron chi connectivity index (χ1n) is 6.54. The molecule has 0 aliphatic rings. The number of hydrogen-bond acceptors (Lipinski definition) is 4. The van der Waals surface area contributed by atoms with Gasteiger partial charge in [0.1, 0.15) is 6.29 Å². The minimum absolute atomic E-state index is 0.240. The van der Waals surface area contributed by atoms with Gasteiger partial charge in [-0.05, 0) is 23.3 Å². The van der Waals surface area contributed by atoms with Gasteiger partial charge in [-0.15, -0.1) is 11.8 Å². The molecule has 0 fully saturated rings. The Hall–Kier alpha value is -2.07. The van der Waals surface area contributed by atoms with Crippen molar-refractivity contribution in [2.24, 2.45) is 0 Å². The van der Waals surface area contributed by atoms with Gasteiger partial charge in [-0.2, -0.15) is 0 Å². The molecule has 0 unspecified atom stereocenters. The molecule has 0 saturated carbocycles. The summed E-state index contributed by atoms with van der Waals surface area (Å²) in [5, 5.41) is 0. The van der Waals surface area contributed by atoms with Crippen molar-refractivity contribution in [3.05, 3.63) is 65.2 Å². The second-order valence-electron chi connectivity index (χ2n) is 4.50. The predicted octanol–water partition coefficient (Wildman–Crippen LogP) is 3.51. The number of rotatable bonds is 6. The van der Waals surface area contributed by atoms with E-state index in [2.05, 4.69) is 0 Å². The van der Waals surface area contributed by atoms with Crippen LogP contribution in [0.5, 0.6) is 0 Å². The van der Waals surface area contributed by atoms with E-state index in [9.17, 15) is 9.59 Å². The van der Waals surface area contributed by atoms with Gasteiger partial charge in [0.25, 0.3) is 0 Å². The third-order valence-electron chi connectivity index (χ3n) is 3.07. The molecule has 0 spiro atoms. The van der Waals surface area contributed by atoms with Crippen molar-refractivity contribution >= 4 is 24.0 Å². The molecule has 2 rings (SSSR count). The molecule has 0 atom stereocenters. The highest BCUT2D eigenvalue weighted by Crippen LogP contribution is 2.25. The lowest BCUT2D eigenvalue weighted by Crippen LogP contribution is -2.06. The minimum Gasteiger partial charge on any atom is -0.469 e. The molecule has 0 bridgehead atoms. The summed E-state index contributed by atoms with van der Waals surface area (Å²) in [4.78, 5) is 23.2. The highest BCUT2D eigenvalue weighted by molar-refractivity contribution is 7.98. The third kappa shape index (κ3) is 4.46. The highest BCUT2D eigenvalue weighted by Gasteiger charge is 2.08. The summed E-state index contributed by atoms with van der Waals surface area (Å²) in [5.41, 5.74) is 2.75.